The summed E-state index contributed by atoms with van der Waals surface area (Å²) in [7, 11) is -0.476. The molecule has 0 bridgehead atoms. The number of nitrogens with one attached hydrogen (secondary N) is 2. The van der Waals surface area contributed by atoms with Crippen molar-refractivity contribution in [3.8, 4) is 0 Å². The Morgan fingerprint density at radius 3 is 2.40 bits per heavy atom. The van der Waals surface area contributed by atoms with E-state index in [1.807, 2.05) is 40.7 Å². The largest absolute Gasteiger partial charge is 0.495 e. The molecule has 1 aromatic rings. The number of hydrogen-bond donors (Lipinski definition) is 2. The maximum Gasteiger partial charge on any atom is 0.495 e. The lowest BCUT2D eigenvalue weighted by Crippen LogP contribution is -2.41. The van der Waals surface area contributed by atoms with Crippen LogP contribution in [-0.2, 0) is 14.0 Å². The lowest BCUT2D eigenvalue weighted by Gasteiger charge is -2.32. The average Bonchev–Trinajstić information content (AvgIpc) is 2.77. The van der Waals surface area contributed by atoms with E-state index in [0.29, 0.717) is 0 Å². The van der Waals surface area contributed by atoms with E-state index in [1.54, 1.807) is 0 Å². The van der Waals surface area contributed by atoms with Crippen LogP contribution in [0.5, 0.6) is 0 Å². The third-order valence-electron chi connectivity index (χ3n) is 5.63. The van der Waals surface area contributed by atoms with Crippen LogP contribution < -0.4 is 10.8 Å². The molecule has 1 unspecified atom stereocenters. The van der Waals surface area contributed by atoms with E-state index in [-0.39, 0.29) is 6.23 Å². The number of rotatable bonds is 4. The average molecular weight is 344 g/mol. The summed E-state index contributed by atoms with van der Waals surface area (Å²) in [5.74, 6) is 0. The van der Waals surface area contributed by atoms with Crippen LogP contribution in [-0.4, -0.2) is 37.4 Å². The van der Waals surface area contributed by atoms with Gasteiger partial charge in [-0.3, -0.25) is 0 Å². The standard InChI is InChI=1S/C19H29BN2O3/c1-13-9-10-15(22-16-8-6-7-11-23-16)14(12-21)17(13)20-24-18(2,3)19(4,5)25-20/h9-10,12,16,21-22H,6-8,11H2,1-5H3. The van der Waals surface area contributed by atoms with Gasteiger partial charge in [0.1, 0.15) is 6.23 Å². The molecule has 3 rings (SSSR count). The Bertz CT molecular complexity index is 638. The molecule has 0 amide bonds. The molecule has 2 heterocycles. The van der Waals surface area contributed by atoms with E-state index in [0.717, 1.165) is 48.1 Å². The Kier molecular flexibility index (Phi) is 4.97. The van der Waals surface area contributed by atoms with E-state index in [4.69, 9.17) is 19.5 Å². The first-order chi connectivity index (χ1) is 11.7. The predicted molar refractivity (Wildman–Crippen MR) is 102 cm³/mol. The molecule has 0 radical (unpaired) electrons. The van der Waals surface area contributed by atoms with Gasteiger partial charge in [0.05, 0.1) is 11.2 Å². The van der Waals surface area contributed by atoms with Crippen LogP contribution in [0.4, 0.5) is 5.69 Å². The van der Waals surface area contributed by atoms with Crippen molar-refractivity contribution in [2.45, 2.75) is 71.3 Å². The molecular formula is C19H29BN2O3. The van der Waals surface area contributed by atoms with Crippen molar-refractivity contribution < 1.29 is 14.0 Å². The van der Waals surface area contributed by atoms with Crippen molar-refractivity contribution in [3.63, 3.8) is 0 Å². The number of aryl methyl sites for hydroxylation is 1. The van der Waals surface area contributed by atoms with Crippen LogP contribution in [0.15, 0.2) is 12.1 Å². The van der Waals surface area contributed by atoms with Crippen molar-refractivity contribution in [1.29, 1.82) is 5.41 Å². The number of anilines is 1. The highest BCUT2D eigenvalue weighted by Crippen LogP contribution is 2.37. The lowest BCUT2D eigenvalue weighted by atomic mass is 9.73. The zero-order chi connectivity index (χ0) is 18.2. The van der Waals surface area contributed by atoms with Crippen LogP contribution in [0.3, 0.4) is 0 Å². The molecule has 0 aliphatic carbocycles. The van der Waals surface area contributed by atoms with Gasteiger partial charge in [-0.25, -0.2) is 0 Å². The number of hydrogen-bond acceptors (Lipinski definition) is 5. The van der Waals surface area contributed by atoms with Crippen LogP contribution in [0.25, 0.3) is 0 Å². The van der Waals surface area contributed by atoms with Crippen molar-refractivity contribution in [3.05, 3.63) is 23.3 Å². The molecule has 136 valence electrons. The highest BCUT2D eigenvalue weighted by molar-refractivity contribution is 6.64. The first-order valence-corrected chi connectivity index (χ1v) is 9.13. The van der Waals surface area contributed by atoms with Gasteiger partial charge in [-0.2, -0.15) is 0 Å². The molecule has 1 atom stereocenters. The van der Waals surface area contributed by atoms with Gasteiger partial charge in [-0.1, -0.05) is 11.6 Å². The predicted octanol–water partition coefficient (Wildman–Crippen LogP) is 3.23. The van der Waals surface area contributed by atoms with E-state index >= 15 is 0 Å². The van der Waals surface area contributed by atoms with Gasteiger partial charge in [0.15, 0.2) is 0 Å². The van der Waals surface area contributed by atoms with Crippen LogP contribution in [0, 0.1) is 12.3 Å². The van der Waals surface area contributed by atoms with E-state index in [2.05, 4.69) is 11.4 Å². The molecule has 2 aliphatic heterocycles. The van der Waals surface area contributed by atoms with Crippen LogP contribution >= 0.6 is 0 Å². The third-order valence-corrected chi connectivity index (χ3v) is 5.63. The minimum absolute atomic E-state index is 0.00121. The van der Waals surface area contributed by atoms with E-state index in [9.17, 15) is 0 Å². The Morgan fingerprint density at radius 1 is 1.16 bits per heavy atom. The Labute approximate surface area is 151 Å². The summed E-state index contributed by atoms with van der Waals surface area (Å²) < 4.78 is 18.3. The Hall–Kier alpha value is -1.37. The Balaban J connectivity index is 1.93. The molecule has 2 aliphatic rings. The molecule has 0 aromatic heterocycles. The maximum atomic E-state index is 7.98. The summed E-state index contributed by atoms with van der Waals surface area (Å²) in [6.07, 6.45) is 4.65. The smallest absolute Gasteiger partial charge is 0.399 e. The minimum atomic E-state index is -0.476. The summed E-state index contributed by atoms with van der Waals surface area (Å²) in [5.41, 5.74) is 2.89. The number of ether oxygens (including phenoxy) is 1. The van der Waals surface area contributed by atoms with Gasteiger partial charge in [0.2, 0.25) is 0 Å². The van der Waals surface area contributed by atoms with Crippen molar-refractivity contribution in [1.82, 2.24) is 0 Å². The second-order valence-electron chi connectivity index (χ2n) is 7.99. The third kappa shape index (κ3) is 3.48. The van der Waals surface area contributed by atoms with Gasteiger partial charge < -0.3 is 24.8 Å². The summed E-state index contributed by atoms with van der Waals surface area (Å²) in [6, 6.07) is 4.07. The quantitative estimate of drug-likeness (QED) is 0.650. The van der Waals surface area contributed by atoms with Gasteiger partial charge in [0, 0.05) is 24.1 Å². The van der Waals surface area contributed by atoms with Gasteiger partial charge in [0.25, 0.3) is 0 Å². The second kappa shape index (κ2) is 6.74. The Morgan fingerprint density at radius 2 is 1.84 bits per heavy atom. The molecule has 25 heavy (non-hydrogen) atoms. The fourth-order valence-electron chi connectivity index (χ4n) is 3.33. The highest BCUT2D eigenvalue weighted by Gasteiger charge is 2.52. The van der Waals surface area contributed by atoms with Crippen molar-refractivity contribution in [2.75, 3.05) is 11.9 Å². The van der Waals surface area contributed by atoms with E-state index in [1.165, 1.54) is 6.21 Å². The topological polar surface area (TPSA) is 63.6 Å². The molecule has 6 heteroatoms. The summed E-state index contributed by atoms with van der Waals surface area (Å²) >= 11 is 0. The monoisotopic (exact) mass is 344 g/mol. The summed E-state index contributed by atoms with van der Waals surface area (Å²) in [5, 5.41) is 11.4. The number of benzene rings is 1. The molecule has 0 saturated carbocycles. The molecule has 5 nitrogen and oxygen atoms in total. The molecule has 0 spiro atoms. The summed E-state index contributed by atoms with van der Waals surface area (Å²) in [6.45, 7) is 11.0. The fraction of sp³-hybridized carbons (Fsp3) is 0.632. The van der Waals surface area contributed by atoms with E-state index < -0.39 is 18.3 Å². The molecule has 2 saturated heterocycles. The minimum Gasteiger partial charge on any atom is -0.399 e. The molecule has 2 fully saturated rings. The first kappa shape index (κ1) is 18.4. The molecular weight excluding hydrogens is 315 g/mol. The maximum absolute atomic E-state index is 7.98. The van der Waals surface area contributed by atoms with Crippen LogP contribution in [0.1, 0.15) is 58.1 Å². The van der Waals surface area contributed by atoms with Gasteiger partial charge in [-0.15, -0.1) is 0 Å². The zero-order valence-electron chi connectivity index (χ0n) is 15.9. The van der Waals surface area contributed by atoms with Crippen LogP contribution in [0.2, 0.25) is 0 Å². The van der Waals surface area contributed by atoms with Crippen molar-refractivity contribution in [2.24, 2.45) is 0 Å². The molecule has 2 N–H and O–H groups in total. The normalized spacial score (nSPS) is 25.0. The molecule has 1 aromatic carbocycles. The highest BCUT2D eigenvalue weighted by atomic mass is 16.7. The first-order valence-electron chi connectivity index (χ1n) is 9.13. The second-order valence-corrected chi connectivity index (χ2v) is 7.99. The zero-order valence-corrected chi connectivity index (χ0v) is 15.9. The van der Waals surface area contributed by atoms with Gasteiger partial charge >= 0.3 is 7.12 Å². The lowest BCUT2D eigenvalue weighted by molar-refractivity contribution is 0.00578. The van der Waals surface area contributed by atoms with Gasteiger partial charge in [-0.05, 0) is 65.4 Å². The summed E-state index contributed by atoms with van der Waals surface area (Å²) in [4.78, 5) is 0. The SMILES string of the molecule is Cc1ccc(NC2CCCCO2)c(C=N)c1B1OC(C)(C)C(C)(C)O1. The fourth-order valence-corrected chi connectivity index (χ4v) is 3.33. The van der Waals surface area contributed by atoms with Crippen molar-refractivity contribution >= 4 is 24.5 Å².